The molecule has 2 aromatic rings. The zero-order chi connectivity index (χ0) is 17.4. The van der Waals surface area contributed by atoms with Crippen LogP contribution < -0.4 is 10.6 Å². The van der Waals surface area contributed by atoms with Crippen molar-refractivity contribution >= 4 is 6.03 Å². The summed E-state index contributed by atoms with van der Waals surface area (Å²) in [5, 5.41) is 15.2. The van der Waals surface area contributed by atoms with Crippen molar-refractivity contribution in [3.8, 4) is 0 Å². The highest BCUT2D eigenvalue weighted by Crippen LogP contribution is 2.19. The van der Waals surface area contributed by atoms with Crippen LogP contribution in [0.4, 0.5) is 4.79 Å². The number of nitrogens with one attached hydrogen (secondary N) is 2. The van der Waals surface area contributed by atoms with E-state index in [0.29, 0.717) is 13.0 Å². The molecule has 0 bridgehead atoms. The monoisotopic (exact) mass is 326 g/mol. The molecular weight excluding hydrogens is 300 g/mol. The van der Waals surface area contributed by atoms with Gasteiger partial charge in [-0.1, -0.05) is 54.6 Å². The Balaban J connectivity index is 1.90. The third kappa shape index (κ3) is 5.10. The van der Waals surface area contributed by atoms with Crippen LogP contribution >= 0.6 is 0 Å². The van der Waals surface area contributed by atoms with Crippen molar-refractivity contribution < 1.29 is 9.90 Å². The molecule has 0 saturated carbocycles. The summed E-state index contributed by atoms with van der Waals surface area (Å²) >= 11 is 0. The molecule has 4 nitrogen and oxygen atoms in total. The lowest BCUT2D eigenvalue weighted by atomic mass is 9.96. The number of hydrogen-bond donors (Lipinski definition) is 3. The van der Waals surface area contributed by atoms with Crippen LogP contribution in [0.2, 0.25) is 0 Å². The number of rotatable bonds is 7. The van der Waals surface area contributed by atoms with Crippen LogP contribution in [-0.4, -0.2) is 24.3 Å². The highest BCUT2D eigenvalue weighted by molar-refractivity contribution is 5.74. The van der Waals surface area contributed by atoms with E-state index in [0.717, 1.165) is 16.7 Å². The lowest BCUT2D eigenvalue weighted by Crippen LogP contribution is -2.39. The van der Waals surface area contributed by atoms with Crippen LogP contribution in [0.1, 0.15) is 42.0 Å². The third-order valence-corrected chi connectivity index (χ3v) is 4.26. The van der Waals surface area contributed by atoms with Gasteiger partial charge in [-0.15, -0.1) is 0 Å². The lowest BCUT2D eigenvalue weighted by Gasteiger charge is -2.20. The molecule has 0 saturated heterocycles. The minimum absolute atomic E-state index is 0.0563. The van der Waals surface area contributed by atoms with E-state index in [-0.39, 0.29) is 24.6 Å². The Hall–Kier alpha value is -2.33. The fourth-order valence-corrected chi connectivity index (χ4v) is 2.88. The van der Waals surface area contributed by atoms with E-state index < -0.39 is 0 Å². The zero-order valence-corrected chi connectivity index (χ0v) is 14.3. The van der Waals surface area contributed by atoms with Gasteiger partial charge in [0.15, 0.2) is 0 Å². The molecule has 0 fully saturated rings. The van der Waals surface area contributed by atoms with Crippen LogP contribution in [0, 0.1) is 6.92 Å². The summed E-state index contributed by atoms with van der Waals surface area (Å²) in [5.74, 6) is 0.107. The minimum atomic E-state index is -0.190. The SMILES string of the molecule is Cc1ccccc1C(C)NC(=O)NCC(CCO)c1ccccc1. The summed E-state index contributed by atoms with van der Waals surface area (Å²) in [6.07, 6.45) is 0.623. The van der Waals surface area contributed by atoms with Crippen molar-refractivity contribution in [1.82, 2.24) is 10.6 Å². The second kappa shape index (κ2) is 9.08. The van der Waals surface area contributed by atoms with Gasteiger partial charge >= 0.3 is 6.03 Å². The van der Waals surface area contributed by atoms with Crippen molar-refractivity contribution in [1.29, 1.82) is 0 Å². The van der Waals surface area contributed by atoms with Crippen molar-refractivity contribution in [2.75, 3.05) is 13.2 Å². The van der Waals surface area contributed by atoms with Gasteiger partial charge in [-0.25, -0.2) is 4.79 Å². The van der Waals surface area contributed by atoms with Gasteiger partial charge in [-0.3, -0.25) is 0 Å². The van der Waals surface area contributed by atoms with Gasteiger partial charge in [-0.2, -0.15) is 0 Å². The number of hydrogen-bond acceptors (Lipinski definition) is 2. The summed E-state index contributed by atoms with van der Waals surface area (Å²) in [5.41, 5.74) is 3.40. The van der Waals surface area contributed by atoms with E-state index in [1.54, 1.807) is 0 Å². The molecule has 4 heteroatoms. The van der Waals surface area contributed by atoms with Crippen LogP contribution in [0.15, 0.2) is 54.6 Å². The van der Waals surface area contributed by atoms with Gasteiger partial charge in [0.2, 0.25) is 0 Å². The summed E-state index contributed by atoms with van der Waals surface area (Å²) in [6.45, 7) is 4.61. The number of benzene rings is 2. The Kier molecular flexibility index (Phi) is 6.82. The van der Waals surface area contributed by atoms with Crippen LogP contribution in [0.5, 0.6) is 0 Å². The summed E-state index contributed by atoms with van der Waals surface area (Å²) in [4.78, 5) is 12.2. The Morgan fingerprint density at radius 1 is 1.08 bits per heavy atom. The lowest BCUT2D eigenvalue weighted by molar-refractivity contribution is 0.234. The fourth-order valence-electron chi connectivity index (χ4n) is 2.88. The average Bonchev–Trinajstić information content (AvgIpc) is 2.59. The van der Waals surface area contributed by atoms with Crippen molar-refractivity contribution in [2.24, 2.45) is 0 Å². The molecule has 24 heavy (non-hydrogen) atoms. The van der Waals surface area contributed by atoms with Crippen LogP contribution in [0.25, 0.3) is 0 Å². The van der Waals surface area contributed by atoms with E-state index in [1.165, 1.54) is 0 Å². The van der Waals surface area contributed by atoms with Crippen molar-refractivity contribution in [3.05, 3.63) is 71.3 Å². The Bertz CT molecular complexity index is 643. The number of amides is 2. The van der Waals surface area contributed by atoms with Gasteiger partial charge in [0, 0.05) is 19.1 Å². The number of carbonyl (C=O) groups excluding carboxylic acids is 1. The summed E-state index contributed by atoms with van der Waals surface area (Å²) in [6, 6.07) is 17.7. The normalized spacial score (nSPS) is 13.1. The molecule has 2 aromatic carbocycles. The number of urea groups is 1. The predicted octanol–water partition coefficient (Wildman–Crippen LogP) is 3.52. The quantitative estimate of drug-likeness (QED) is 0.729. The van der Waals surface area contributed by atoms with Crippen LogP contribution in [0.3, 0.4) is 0 Å². The molecule has 0 aliphatic rings. The first-order chi connectivity index (χ1) is 11.6. The first-order valence-electron chi connectivity index (χ1n) is 8.37. The standard InChI is InChI=1S/C20H26N2O2/c1-15-8-6-7-11-19(15)16(2)22-20(24)21-14-18(12-13-23)17-9-4-3-5-10-17/h3-11,16,18,23H,12-14H2,1-2H3,(H2,21,22,24). The molecular formula is C20H26N2O2. The maximum atomic E-state index is 12.2. The third-order valence-electron chi connectivity index (χ3n) is 4.26. The highest BCUT2D eigenvalue weighted by Gasteiger charge is 2.14. The number of aliphatic hydroxyl groups excluding tert-OH is 1. The van der Waals surface area contributed by atoms with E-state index in [1.807, 2.05) is 68.4 Å². The molecule has 3 N–H and O–H groups in total. The first-order valence-corrected chi connectivity index (χ1v) is 8.37. The smallest absolute Gasteiger partial charge is 0.315 e. The van der Waals surface area contributed by atoms with Gasteiger partial charge in [0.05, 0.1) is 6.04 Å². The van der Waals surface area contributed by atoms with E-state index >= 15 is 0 Å². The van der Waals surface area contributed by atoms with Crippen LogP contribution in [-0.2, 0) is 0 Å². The number of aryl methyl sites for hydroxylation is 1. The summed E-state index contributed by atoms with van der Waals surface area (Å²) in [7, 11) is 0. The molecule has 2 atom stereocenters. The molecule has 0 spiro atoms. The Labute approximate surface area is 143 Å². The predicted molar refractivity (Wildman–Crippen MR) is 97.0 cm³/mol. The zero-order valence-electron chi connectivity index (χ0n) is 14.3. The van der Waals surface area contributed by atoms with E-state index in [2.05, 4.69) is 10.6 Å². The molecule has 0 aromatic heterocycles. The molecule has 2 unspecified atom stereocenters. The van der Waals surface area contributed by atoms with Gasteiger partial charge < -0.3 is 15.7 Å². The van der Waals surface area contributed by atoms with Gasteiger partial charge in [-0.05, 0) is 37.0 Å². The molecule has 0 aliphatic heterocycles. The Morgan fingerprint density at radius 3 is 2.42 bits per heavy atom. The maximum Gasteiger partial charge on any atom is 0.315 e. The molecule has 0 radical (unpaired) electrons. The van der Waals surface area contributed by atoms with E-state index in [4.69, 9.17) is 0 Å². The number of aliphatic hydroxyl groups is 1. The fraction of sp³-hybridized carbons (Fsp3) is 0.350. The average molecular weight is 326 g/mol. The van der Waals surface area contributed by atoms with Gasteiger partial charge in [0.1, 0.15) is 0 Å². The topological polar surface area (TPSA) is 61.4 Å². The summed E-state index contributed by atoms with van der Waals surface area (Å²) < 4.78 is 0. The maximum absolute atomic E-state index is 12.2. The van der Waals surface area contributed by atoms with Gasteiger partial charge in [0.25, 0.3) is 0 Å². The molecule has 0 aliphatic carbocycles. The van der Waals surface area contributed by atoms with Crippen molar-refractivity contribution in [2.45, 2.75) is 32.2 Å². The van der Waals surface area contributed by atoms with Crippen molar-refractivity contribution in [3.63, 3.8) is 0 Å². The molecule has 0 heterocycles. The first kappa shape index (κ1) is 18.0. The second-order valence-corrected chi connectivity index (χ2v) is 6.05. The minimum Gasteiger partial charge on any atom is -0.396 e. The Morgan fingerprint density at radius 2 is 1.75 bits per heavy atom. The highest BCUT2D eigenvalue weighted by atomic mass is 16.3. The molecule has 2 rings (SSSR count). The van der Waals surface area contributed by atoms with E-state index in [9.17, 15) is 9.90 Å². The number of carbonyl (C=O) groups is 1. The molecule has 2 amide bonds. The second-order valence-electron chi connectivity index (χ2n) is 6.05. The largest absolute Gasteiger partial charge is 0.396 e. The molecule has 128 valence electrons.